The Morgan fingerprint density at radius 2 is 1.60 bits per heavy atom. The molecule has 6 heteroatoms. The maximum atomic E-state index is 12.8. The molecule has 0 aliphatic heterocycles. The van der Waals surface area contributed by atoms with Gasteiger partial charge >= 0.3 is 5.97 Å². The summed E-state index contributed by atoms with van der Waals surface area (Å²) in [5.74, 6) is -1.47. The largest absolute Gasteiger partial charge is 0.460 e. The monoisotopic (exact) mass is 402 g/mol. The van der Waals surface area contributed by atoms with Crippen LogP contribution >= 0.6 is 15.9 Å². The highest BCUT2D eigenvalue weighted by Gasteiger charge is 2.39. The van der Waals surface area contributed by atoms with E-state index >= 15 is 0 Å². The zero-order valence-electron chi connectivity index (χ0n) is 13.9. The Morgan fingerprint density at radius 1 is 1.04 bits per heavy atom. The van der Waals surface area contributed by atoms with E-state index in [1.807, 2.05) is 0 Å². The molecule has 0 spiro atoms. The van der Waals surface area contributed by atoms with Gasteiger partial charge in [0.2, 0.25) is 5.76 Å². The molecule has 1 heterocycles. The average Bonchev–Trinajstić information content (AvgIpc) is 2.99. The van der Waals surface area contributed by atoms with Crippen LogP contribution in [0.1, 0.15) is 52.0 Å². The summed E-state index contributed by atoms with van der Waals surface area (Å²) in [5, 5.41) is 0. The number of allylic oxidation sites excluding steroid dienone is 2. The van der Waals surface area contributed by atoms with E-state index in [2.05, 4.69) is 15.9 Å². The molecule has 3 rings (SSSR count). The third-order valence-corrected chi connectivity index (χ3v) is 4.70. The Kier molecular flexibility index (Phi) is 4.47. The molecule has 128 valence electrons. The number of furan rings is 1. The highest BCUT2D eigenvalue weighted by Crippen LogP contribution is 2.38. The molecule has 0 N–H and O–H groups in total. The first-order chi connectivity index (χ1) is 11.9. The van der Waals surface area contributed by atoms with E-state index in [1.54, 1.807) is 45.0 Å². The third kappa shape index (κ3) is 2.76. The van der Waals surface area contributed by atoms with Gasteiger partial charge in [-0.15, -0.1) is 0 Å². The zero-order chi connectivity index (χ0) is 18.3. The lowest BCUT2D eigenvalue weighted by atomic mass is 9.84. The number of halogens is 1. The fourth-order valence-corrected chi connectivity index (χ4v) is 2.99. The van der Waals surface area contributed by atoms with Crippen LogP contribution < -0.4 is 0 Å². The third-order valence-electron chi connectivity index (χ3n) is 4.17. The summed E-state index contributed by atoms with van der Waals surface area (Å²) in [7, 11) is 0. The van der Waals surface area contributed by atoms with Crippen LogP contribution in [-0.2, 0) is 4.74 Å². The number of benzene rings is 1. The van der Waals surface area contributed by atoms with Crippen molar-refractivity contribution in [3.8, 4) is 11.3 Å². The van der Waals surface area contributed by atoms with Crippen molar-refractivity contribution in [1.29, 1.82) is 0 Å². The Morgan fingerprint density at radius 3 is 2.16 bits per heavy atom. The number of fused-ring (bicyclic) bond motifs is 1. The molecule has 25 heavy (non-hydrogen) atoms. The second kappa shape index (κ2) is 6.44. The number of rotatable bonds is 3. The molecular weight excluding hydrogens is 388 g/mol. The van der Waals surface area contributed by atoms with Crippen molar-refractivity contribution in [2.24, 2.45) is 0 Å². The molecule has 0 fully saturated rings. The van der Waals surface area contributed by atoms with Gasteiger partial charge < -0.3 is 9.15 Å². The van der Waals surface area contributed by atoms with Crippen LogP contribution in [0.5, 0.6) is 0 Å². The molecule has 0 radical (unpaired) electrons. The molecule has 0 atom stereocenters. The van der Waals surface area contributed by atoms with Crippen molar-refractivity contribution >= 4 is 33.5 Å². The first-order valence-corrected chi connectivity index (χ1v) is 8.52. The number of esters is 1. The van der Waals surface area contributed by atoms with E-state index in [0.29, 0.717) is 16.7 Å². The van der Waals surface area contributed by atoms with Gasteiger partial charge in [0.15, 0.2) is 11.6 Å². The minimum absolute atomic E-state index is 0.00975. The van der Waals surface area contributed by atoms with Gasteiger partial charge in [-0.05, 0) is 32.9 Å². The van der Waals surface area contributed by atoms with Gasteiger partial charge in [0.1, 0.15) is 5.76 Å². The smallest absolute Gasteiger partial charge is 0.375 e. The lowest BCUT2D eigenvalue weighted by Gasteiger charge is -2.14. The topological polar surface area (TPSA) is 73.6 Å². The molecule has 0 unspecified atom stereocenters. The van der Waals surface area contributed by atoms with E-state index in [4.69, 9.17) is 9.15 Å². The summed E-state index contributed by atoms with van der Waals surface area (Å²) in [6.07, 6.45) is 0. The summed E-state index contributed by atoms with van der Waals surface area (Å²) >= 11 is 3.35. The predicted octanol–water partition coefficient (Wildman–Crippen LogP) is 4.60. The van der Waals surface area contributed by atoms with Crippen molar-refractivity contribution in [2.45, 2.75) is 20.8 Å². The van der Waals surface area contributed by atoms with Gasteiger partial charge in [-0.3, -0.25) is 9.59 Å². The highest BCUT2D eigenvalue weighted by atomic mass is 79.9. The minimum atomic E-state index is -0.754. The number of carbonyl (C=O) groups is 3. The van der Waals surface area contributed by atoms with Crippen molar-refractivity contribution in [2.75, 3.05) is 6.61 Å². The molecule has 1 aliphatic rings. The van der Waals surface area contributed by atoms with Gasteiger partial charge in [0.05, 0.1) is 17.7 Å². The summed E-state index contributed by atoms with van der Waals surface area (Å²) in [5.41, 5.74) is 1.38. The number of hydrogen-bond donors (Lipinski definition) is 0. The average molecular weight is 403 g/mol. The Hall–Kier alpha value is -2.47. The summed E-state index contributed by atoms with van der Waals surface area (Å²) in [6.45, 7) is 4.96. The molecule has 2 aromatic rings. The van der Waals surface area contributed by atoms with Crippen molar-refractivity contribution in [3.63, 3.8) is 0 Å². The summed E-state index contributed by atoms with van der Waals surface area (Å²) in [4.78, 5) is 37.8. The maximum absolute atomic E-state index is 12.8. The Labute approximate surface area is 152 Å². The molecule has 5 nitrogen and oxygen atoms in total. The first kappa shape index (κ1) is 17.4. The van der Waals surface area contributed by atoms with Gasteiger partial charge in [-0.25, -0.2) is 4.79 Å². The standard InChI is InChI=1S/C19H15BrO5/c1-4-24-19(23)18-14-13(15(21)9(2)10(3)16(14)22)17(25-18)11-5-7-12(20)8-6-11/h5-8H,4H2,1-3H3. The number of Topliss-reactive ketones (excluding diaryl/α,β-unsaturated/α-hetero) is 2. The quantitative estimate of drug-likeness (QED) is 0.701. The van der Waals surface area contributed by atoms with Gasteiger partial charge in [0, 0.05) is 21.2 Å². The molecule has 0 saturated carbocycles. The number of carbonyl (C=O) groups excluding carboxylic acids is 3. The molecular formula is C19H15BrO5. The number of hydrogen-bond acceptors (Lipinski definition) is 5. The lowest BCUT2D eigenvalue weighted by molar-refractivity contribution is 0.0487. The van der Waals surface area contributed by atoms with Crippen molar-refractivity contribution in [1.82, 2.24) is 0 Å². The number of ketones is 2. The second-order valence-electron chi connectivity index (χ2n) is 5.65. The van der Waals surface area contributed by atoms with E-state index in [1.165, 1.54) is 0 Å². The van der Waals surface area contributed by atoms with Gasteiger partial charge in [-0.1, -0.05) is 28.1 Å². The Bertz CT molecular complexity index is 931. The van der Waals surface area contributed by atoms with Crippen LogP contribution in [0.3, 0.4) is 0 Å². The molecule has 1 aliphatic carbocycles. The van der Waals surface area contributed by atoms with Crippen LogP contribution in [0.2, 0.25) is 0 Å². The van der Waals surface area contributed by atoms with E-state index in [0.717, 1.165) is 4.47 Å². The minimum Gasteiger partial charge on any atom is -0.460 e. The van der Waals surface area contributed by atoms with Crippen LogP contribution in [0, 0.1) is 0 Å². The fraction of sp³-hybridized carbons (Fsp3) is 0.211. The van der Waals surface area contributed by atoms with E-state index in [-0.39, 0.29) is 40.8 Å². The molecule has 0 bridgehead atoms. The normalized spacial score (nSPS) is 13.9. The van der Waals surface area contributed by atoms with Crippen LogP contribution in [0.25, 0.3) is 11.3 Å². The predicted molar refractivity (Wildman–Crippen MR) is 94.8 cm³/mol. The van der Waals surface area contributed by atoms with E-state index in [9.17, 15) is 14.4 Å². The number of ether oxygens (including phenoxy) is 1. The van der Waals surface area contributed by atoms with Crippen molar-refractivity contribution < 1.29 is 23.5 Å². The molecule has 0 amide bonds. The zero-order valence-corrected chi connectivity index (χ0v) is 15.5. The maximum Gasteiger partial charge on any atom is 0.375 e. The van der Waals surface area contributed by atoms with Crippen LogP contribution in [0.15, 0.2) is 44.3 Å². The summed E-state index contributed by atoms with van der Waals surface area (Å²) < 4.78 is 11.5. The lowest BCUT2D eigenvalue weighted by Crippen LogP contribution is -2.21. The van der Waals surface area contributed by atoms with E-state index < -0.39 is 5.97 Å². The molecule has 1 aromatic heterocycles. The summed E-state index contributed by atoms with van der Waals surface area (Å²) in [6, 6.07) is 7.07. The second-order valence-corrected chi connectivity index (χ2v) is 6.56. The SMILES string of the molecule is CCOC(=O)c1oc(-c2ccc(Br)cc2)c2c1C(=O)C(C)=C(C)C2=O. The van der Waals surface area contributed by atoms with Crippen LogP contribution in [-0.4, -0.2) is 24.1 Å². The first-order valence-electron chi connectivity index (χ1n) is 7.73. The van der Waals surface area contributed by atoms with Gasteiger partial charge in [0.25, 0.3) is 0 Å². The van der Waals surface area contributed by atoms with Crippen LogP contribution in [0.4, 0.5) is 0 Å². The van der Waals surface area contributed by atoms with Gasteiger partial charge in [-0.2, -0.15) is 0 Å². The molecule has 0 saturated heterocycles. The Balaban J connectivity index is 2.30. The van der Waals surface area contributed by atoms with Crippen molar-refractivity contribution in [3.05, 3.63) is 56.8 Å². The highest BCUT2D eigenvalue weighted by molar-refractivity contribution is 9.10. The fourth-order valence-electron chi connectivity index (χ4n) is 2.72. The molecule has 1 aromatic carbocycles.